The van der Waals surface area contributed by atoms with E-state index in [1.807, 2.05) is 0 Å². The van der Waals surface area contributed by atoms with Gasteiger partial charge >= 0.3 is 24.3 Å². The van der Waals surface area contributed by atoms with Crippen LogP contribution in [0.5, 0.6) is 0 Å². The summed E-state index contributed by atoms with van der Waals surface area (Å²) in [5.74, 6) is 0.704. The molecule has 0 saturated carbocycles. The van der Waals surface area contributed by atoms with Gasteiger partial charge in [0.25, 0.3) is 0 Å². The molecule has 0 amide bonds. The van der Waals surface area contributed by atoms with Gasteiger partial charge in [0.05, 0.1) is 0 Å². The molecule has 0 saturated heterocycles. The van der Waals surface area contributed by atoms with Crippen molar-refractivity contribution in [3.05, 3.63) is 13.8 Å². The van der Waals surface area contributed by atoms with Crippen LogP contribution >= 0.6 is 7.82 Å². The van der Waals surface area contributed by atoms with Crippen LogP contribution in [-0.2, 0) is 21.1 Å². The van der Waals surface area contributed by atoms with Crippen molar-refractivity contribution >= 4 is 7.82 Å². The normalized spacial score (nSPS) is 11.1. The van der Waals surface area contributed by atoms with Crippen LogP contribution < -0.4 is 0 Å². The van der Waals surface area contributed by atoms with Gasteiger partial charge in [-0.25, -0.2) is 4.57 Å². The first kappa shape index (κ1) is 27.0. The van der Waals surface area contributed by atoms with Crippen molar-refractivity contribution in [2.75, 3.05) is 0 Å². The van der Waals surface area contributed by atoms with Crippen molar-refractivity contribution in [3.63, 3.8) is 0 Å². The van der Waals surface area contributed by atoms with E-state index in [9.17, 15) is 0 Å². The van der Waals surface area contributed by atoms with Crippen LogP contribution in [0.1, 0.15) is 59.3 Å². The molecule has 0 radical (unpaired) electrons. The third-order valence-corrected chi connectivity index (χ3v) is 1.90. The summed E-state index contributed by atoms with van der Waals surface area (Å²) in [6, 6.07) is 0. The van der Waals surface area contributed by atoms with Gasteiger partial charge in [0.15, 0.2) is 0 Å². The van der Waals surface area contributed by atoms with E-state index >= 15 is 0 Å². The Balaban J connectivity index is -0.0000000855. The molecule has 0 aliphatic carbocycles. The largest absolute Gasteiger partial charge is 2.00 e. The molecule has 0 fully saturated rings. The number of hydrogen-bond acceptors (Lipinski definition) is 1. The van der Waals surface area contributed by atoms with Gasteiger partial charge in [-0.2, -0.15) is 12.3 Å². The van der Waals surface area contributed by atoms with Crippen LogP contribution in [0.25, 0.3) is 0 Å². The molecule has 0 rings (SSSR count). The van der Waals surface area contributed by atoms with Crippen LogP contribution in [-0.4, -0.2) is 14.7 Å². The summed E-state index contributed by atoms with van der Waals surface area (Å²) in [5.41, 5.74) is 0. The van der Waals surface area contributed by atoms with Gasteiger partial charge in [-0.05, 0) is 0 Å². The molecule has 1 unspecified atom stereocenters. The first-order valence-corrected chi connectivity index (χ1v) is 7.69. The molecule has 6 heteroatoms. The van der Waals surface area contributed by atoms with E-state index < -0.39 is 7.82 Å². The molecule has 4 nitrogen and oxygen atoms in total. The molecule has 0 bridgehead atoms. The Hall–Kier alpha value is 0.604. The summed E-state index contributed by atoms with van der Waals surface area (Å²) in [6.45, 7) is 14.1. The van der Waals surface area contributed by atoms with Gasteiger partial charge in [-0.1, -0.05) is 52.9 Å². The average Bonchev–Trinajstić information content (AvgIpc) is 2.23. The summed E-state index contributed by atoms with van der Waals surface area (Å²) >= 11 is 0. The van der Waals surface area contributed by atoms with Crippen LogP contribution in [0.3, 0.4) is 0 Å². The maximum Gasteiger partial charge on any atom is 2.00 e. The topological polar surface area (TPSA) is 77.8 Å². The van der Waals surface area contributed by atoms with Crippen molar-refractivity contribution in [2.24, 2.45) is 5.92 Å². The summed E-state index contributed by atoms with van der Waals surface area (Å²) in [4.78, 5) is 21.6. The quantitative estimate of drug-likeness (QED) is 0.408. The Labute approximate surface area is 123 Å². The first-order chi connectivity index (χ1) is 7.72. The van der Waals surface area contributed by atoms with E-state index in [0.29, 0.717) is 5.92 Å². The second-order valence-electron chi connectivity index (χ2n) is 3.78. The third-order valence-electron chi connectivity index (χ3n) is 1.90. The van der Waals surface area contributed by atoms with E-state index in [1.165, 1.54) is 32.1 Å². The molecule has 0 aromatic rings. The van der Waals surface area contributed by atoms with Gasteiger partial charge < -0.3 is 28.5 Å². The van der Waals surface area contributed by atoms with Gasteiger partial charge in [0, 0.05) is 0 Å². The monoisotopic (exact) mass is 326 g/mol. The Kier molecular flexibility index (Phi) is 29.9. The van der Waals surface area contributed by atoms with Crippen LogP contribution in [0.2, 0.25) is 0 Å². The van der Waals surface area contributed by atoms with Gasteiger partial charge in [0.2, 0.25) is 0 Å². The van der Waals surface area contributed by atoms with Crippen molar-refractivity contribution in [2.45, 2.75) is 59.3 Å². The molecular formula is C12H29NiO4P. The van der Waals surface area contributed by atoms with Crippen molar-refractivity contribution in [1.29, 1.82) is 0 Å². The predicted molar refractivity (Wildman–Crippen MR) is 73.2 cm³/mol. The third kappa shape index (κ3) is 69.9. The summed E-state index contributed by atoms with van der Waals surface area (Å²) in [5, 5.41) is 0. The molecule has 0 aromatic heterocycles. The molecule has 0 aromatic carbocycles. The zero-order valence-electron chi connectivity index (χ0n) is 11.7. The van der Waals surface area contributed by atoms with E-state index in [1.54, 1.807) is 0 Å². The summed E-state index contributed by atoms with van der Waals surface area (Å²) < 4.78 is 8.88. The minimum Gasteiger partial charge on any atom is -0.343 e. The zero-order valence-corrected chi connectivity index (χ0v) is 13.6. The molecule has 0 aliphatic heterocycles. The second-order valence-corrected chi connectivity index (χ2v) is 4.81. The minimum absolute atomic E-state index is 0. The van der Waals surface area contributed by atoms with E-state index in [2.05, 4.69) is 34.6 Å². The van der Waals surface area contributed by atoms with Gasteiger partial charge in [-0.3, -0.25) is 0 Å². The molecule has 116 valence electrons. The van der Waals surface area contributed by atoms with E-state index in [-0.39, 0.29) is 16.5 Å². The van der Waals surface area contributed by atoms with Crippen molar-refractivity contribution < 1.29 is 35.7 Å². The molecule has 3 N–H and O–H groups in total. The van der Waals surface area contributed by atoms with E-state index in [4.69, 9.17) is 19.2 Å². The first-order valence-electron chi connectivity index (χ1n) is 6.13. The number of hydrogen-bond donors (Lipinski definition) is 3. The smallest absolute Gasteiger partial charge is 0.343 e. The van der Waals surface area contributed by atoms with Crippen LogP contribution in [0.4, 0.5) is 0 Å². The Morgan fingerprint density at radius 1 is 1.11 bits per heavy atom. The molecule has 1 atom stereocenters. The molecule has 0 spiro atoms. The number of phosphoric acid groups is 1. The minimum atomic E-state index is -4.64. The zero-order chi connectivity index (χ0) is 14.3. The van der Waals surface area contributed by atoms with Crippen molar-refractivity contribution in [1.82, 2.24) is 0 Å². The maximum absolute atomic E-state index is 8.88. The Bertz CT molecular complexity index is 163. The molecule has 0 heterocycles. The fraction of sp³-hybridized carbons (Fsp3) is 0.833. The van der Waals surface area contributed by atoms with Crippen LogP contribution in [0.15, 0.2) is 0 Å². The fourth-order valence-electron chi connectivity index (χ4n) is 0.697. The SMILES string of the molecule is O=P(O)(O)O.[CH2-]C(CC)CCCC.[CH2-]CCC.[Ni+2]. The van der Waals surface area contributed by atoms with Crippen molar-refractivity contribution in [3.8, 4) is 0 Å². The maximum atomic E-state index is 8.88. The van der Waals surface area contributed by atoms with Gasteiger partial charge in [-0.15, -0.1) is 0 Å². The van der Waals surface area contributed by atoms with Gasteiger partial charge in [0.1, 0.15) is 0 Å². The number of unbranched alkanes of at least 4 members (excludes halogenated alkanes) is 2. The standard InChI is InChI=1S/C8H17.C4H9.Ni.H3O4P/c1-4-6-7-8(3)5-2;1-3-4-2;;1-5(2,3)4/h8H,3-7H2,1-2H3;1,3-4H2,2H3;;(H3,1,2,3,4)/q2*-1;+2;. The fourth-order valence-corrected chi connectivity index (χ4v) is 0.697. The Morgan fingerprint density at radius 2 is 1.44 bits per heavy atom. The molecule has 18 heavy (non-hydrogen) atoms. The summed E-state index contributed by atoms with van der Waals surface area (Å²) in [7, 11) is -4.64. The second kappa shape index (κ2) is 19.9. The van der Waals surface area contributed by atoms with E-state index in [0.717, 1.165) is 6.42 Å². The molecule has 0 aliphatic rings. The average molecular weight is 327 g/mol. The predicted octanol–water partition coefficient (Wildman–Crippen LogP) is 3.73. The number of rotatable bonds is 5. The van der Waals surface area contributed by atoms with Crippen LogP contribution in [0, 0.1) is 19.8 Å². The Morgan fingerprint density at radius 3 is 1.61 bits per heavy atom. The molecular weight excluding hydrogens is 298 g/mol. The summed E-state index contributed by atoms with van der Waals surface area (Å²) in [6.07, 6.45) is 7.49.